The molecule has 1 unspecified atom stereocenters. The van der Waals surface area contributed by atoms with Crippen molar-refractivity contribution in [1.82, 2.24) is 10.2 Å². The van der Waals surface area contributed by atoms with Gasteiger partial charge in [0.1, 0.15) is 0 Å². The molecule has 0 bridgehead atoms. The molecule has 1 N–H and O–H groups in total. The van der Waals surface area contributed by atoms with E-state index < -0.39 is 0 Å². The van der Waals surface area contributed by atoms with Gasteiger partial charge in [-0.05, 0) is 49.6 Å². The minimum absolute atomic E-state index is 0.432. The summed E-state index contributed by atoms with van der Waals surface area (Å²) in [6.07, 6.45) is 8.61. The van der Waals surface area contributed by atoms with Crippen LogP contribution in [-0.2, 0) is 0 Å². The summed E-state index contributed by atoms with van der Waals surface area (Å²) < 4.78 is 0. The molecule has 0 spiro atoms. The van der Waals surface area contributed by atoms with E-state index in [-0.39, 0.29) is 0 Å². The molecular weight excluding hydrogens is 244 g/mol. The SMILES string of the molecule is CC(C)C(C)(C)CN1CCCNC(C2CCCCC2)C1. The molecule has 1 aliphatic carbocycles. The van der Waals surface area contributed by atoms with E-state index in [0.29, 0.717) is 5.41 Å². The Hall–Kier alpha value is -0.0800. The van der Waals surface area contributed by atoms with Gasteiger partial charge >= 0.3 is 0 Å². The van der Waals surface area contributed by atoms with Crippen LogP contribution in [0.4, 0.5) is 0 Å². The Morgan fingerprint density at radius 1 is 1.10 bits per heavy atom. The standard InChI is InChI=1S/C18H36N2/c1-15(2)18(3,4)14-20-12-8-11-19-17(13-20)16-9-6-5-7-10-16/h15-17,19H,5-14H2,1-4H3. The van der Waals surface area contributed by atoms with Crippen LogP contribution in [0.15, 0.2) is 0 Å². The Morgan fingerprint density at radius 3 is 2.45 bits per heavy atom. The third-order valence-corrected chi connectivity index (χ3v) is 5.93. The summed E-state index contributed by atoms with van der Waals surface area (Å²) in [5, 5.41) is 3.85. The van der Waals surface area contributed by atoms with Gasteiger partial charge in [-0.1, -0.05) is 47.0 Å². The van der Waals surface area contributed by atoms with E-state index in [4.69, 9.17) is 0 Å². The lowest BCUT2D eigenvalue weighted by atomic mass is 9.80. The number of hydrogen-bond acceptors (Lipinski definition) is 2. The van der Waals surface area contributed by atoms with E-state index in [1.807, 2.05) is 0 Å². The average Bonchev–Trinajstić information content (AvgIpc) is 2.64. The van der Waals surface area contributed by atoms with Crippen LogP contribution in [0.25, 0.3) is 0 Å². The van der Waals surface area contributed by atoms with Crippen LogP contribution in [0, 0.1) is 17.3 Å². The van der Waals surface area contributed by atoms with Crippen molar-refractivity contribution in [3.05, 3.63) is 0 Å². The van der Waals surface area contributed by atoms with Crippen LogP contribution < -0.4 is 5.32 Å². The van der Waals surface area contributed by atoms with Gasteiger partial charge in [-0.2, -0.15) is 0 Å². The molecule has 1 heterocycles. The van der Waals surface area contributed by atoms with Crippen molar-refractivity contribution in [3.8, 4) is 0 Å². The Kier molecular flexibility index (Phi) is 5.92. The molecule has 1 aliphatic heterocycles. The molecule has 0 aromatic heterocycles. The molecule has 1 atom stereocenters. The lowest BCUT2D eigenvalue weighted by Crippen LogP contribution is -2.46. The molecule has 1 saturated heterocycles. The Labute approximate surface area is 126 Å². The van der Waals surface area contributed by atoms with Crippen molar-refractivity contribution in [2.45, 2.75) is 72.3 Å². The smallest absolute Gasteiger partial charge is 0.0223 e. The summed E-state index contributed by atoms with van der Waals surface area (Å²) in [5.41, 5.74) is 0.432. The van der Waals surface area contributed by atoms with E-state index in [0.717, 1.165) is 17.9 Å². The molecule has 20 heavy (non-hydrogen) atoms. The average molecular weight is 280 g/mol. The summed E-state index contributed by atoms with van der Waals surface area (Å²) in [5.74, 6) is 1.69. The van der Waals surface area contributed by atoms with Gasteiger partial charge in [-0.25, -0.2) is 0 Å². The van der Waals surface area contributed by atoms with E-state index in [2.05, 4.69) is 37.9 Å². The van der Waals surface area contributed by atoms with Gasteiger partial charge in [0.2, 0.25) is 0 Å². The quantitative estimate of drug-likeness (QED) is 0.840. The largest absolute Gasteiger partial charge is 0.312 e. The first-order valence-corrected chi connectivity index (χ1v) is 8.95. The Bertz CT molecular complexity index is 279. The fraction of sp³-hybridized carbons (Fsp3) is 1.00. The van der Waals surface area contributed by atoms with Gasteiger partial charge in [0.05, 0.1) is 0 Å². The zero-order valence-corrected chi connectivity index (χ0v) is 14.3. The molecule has 2 fully saturated rings. The maximum atomic E-state index is 3.85. The topological polar surface area (TPSA) is 15.3 Å². The van der Waals surface area contributed by atoms with Crippen molar-refractivity contribution in [2.24, 2.45) is 17.3 Å². The highest BCUT2D eigenvalue weighted by atomic mass is 15.2. The van der Waals surface area contributed by atoms with E-state index >= 15 is 0 Å². The first-order chi connectivity index (χ1) is 9.49. The van der Waals surface area contributed by atoms with Crippen LogP contribution in [-0.4, -0.2) is 37.1 Å². The lowest BCUT2D eigenvalue weighted by Gasteiger charge is -2.38. The number of rotatable bonds is 4. The zero-order chi connectivity index (χ0) is 14.6. The Morgan fingerprint density at radius 2 is 1.80 bits per heavy atom. The van der Waals surface area contributed by atoms with Crippen LogP contribution in [0.2, 0.25) is 0 Å². The highest BCUT2D eigenvalue weighted by Crippen LogP contribution is 2.30. The molecule has 2 nitrogen and oxygen atoms in total. The number of hydrogen-bond donors (Lipinski definition) is 1. The van der Waals surface area contributed by atoms with Gasteiger partial charge < -0.3 is 10.2 Å². The number of nitrogens with one attached hydrogen (secondary N) is 1. The minimum atomic E-state index is 0.432. The summed E-state index contributed by atoms with van der Waals surface area (Å²) in [7, 11) is 0. The molecule has 0 amide bonds. The molecule has 0 aromatic carbocycles. The third kappa shape index (κ3) is 4.46. The van der Waals surface area contributed by atoms with Crippen molar-refractivity contribution in [3.63, 3.8) is 0 Å². The molecule has 0 radical (unpaired) electrons. The molecule has 118 valence electrons. The van der Waals surface area contributed by atoms with Crippen molar-refractivity contribution in [1.29, 1.82) is 0 Å². The van der Waals surface area contributed by atoms with Crippen LogP contribution in [0.3, 0.4) is 0 Å². The maximum Gasteiger partial charge on any atom is 0.0223 e. The second-order valence-electron chi connectivity index (χ2n) is 8.19. The molecule has 0 aromatic rings. The minimum Gasteiger partial charge on any atom is -0.312 e. The molecule has 2 aliphatic rings. The summed E-state index contributed by atoms with van der Waals surface area (Å²) in [6.45, 7) is 14.7. The van der Waals surface area contributed by atoms with Gasteiger partial charge in [-0.15, -0.1) is 0 Å². The summed E-state index contributed by atoms with van der Waals surface area (Å²) in [4.78, 5) is 2.75. The fourth-order valence-electron chi connectivity index (χ4n) is 3.78. The lowest BCUT2D eigenvalue weighted by molar-refractivity contribution is 0.120. The molecule has 1 saturated carbocycles. The monoisotopic (exact) mass is 280 g/mol. The van der Waals surface area contributed by atoms with Crippen molar-refractivity contribution in [2.75, 3.05) is 26.2 Å². The number of nitrogens with zero attached hydrogens (tertiary/aromatic N) is 1. The summed E-state index contributed by atoms with van der Waals surface area (Å²) in [6, 6.07) is 0.751. The zero-order valence-electron chi connectivity index (χ0n) is 14.3. The van der Waals surface area contributed by atoms with Gasteiger partial charge in [0, 0.05) is 19.1 Å². The predicted molar refractivity (Wildman–Crippen MR) is 88.0 cm³/mol. The first kappa shape index (κ1) is 16.3. The molecular formula is C18H36N2. The van der Waals surface area contributed by atoms with Gasteiger partial charge in [-0.3, -0.25) is 0 Å². The van der Waals surface area contributed by atoms with Crippen molar-refractivity contribution < 1.29 is 0 Å². The van der Waals surface area contributed by atoms with Gasteiger partial charge in [0.15, 0.2) is 0 Å². The van der Waals surface area contributed by atoms with E-state index in [1.165, 1.54) is 64.7 Å². The molecule has 2 rings (SSSR count). The van der Waals surface area contributed by atoms with Crippen LogP contribution in [0.5, 0.6) is 0 Å². The Balaban J connectivity index is 1.92. The highest BCUT2D eigenvalue weighted by Gasteiger charge is 2.30. The first-order valence-electron chi connectivity index (χ1n) is 8.95. The van der Waals surface area contributed by atoms with Crippen LogP contribution in [0.1, 0.15) is 66.2 Å². The second kappa shape index (κ2) is 7.26. The van der Waals surface area contributed by atoms with E-state index in [1.54, 1.807) is 0 Å². The van der Waals surface area contributed by atoms with Crippen molar-refractivity contribution >= 4 is 0 Å². The normalized spacial score (nSPS) is 27.8. The predicted octanol–water partition coefficient (Wildman–Crippen LogP) is 3.91. The second-order valence-corrected chi connectivity index (χ2v) is 8.19. The van der Waals surface area contributed by atoms with Gasteiger partial charge in [0.25, 0.3) is 0 Å². The molecule has 2 heteroatoms. The summed E-state index contributed by atoms with van der Waals surface area (Å²) >= 11 is 0. The maximum absolute atomic E-state index is 3.85. The fourth-order valence-corrected chi connectivity index (χ4v) is 3.78. The van der Waals surface area contributed by atoms with E-state index in [9.17, 15) is 0 Å². The van der Waals surface area contributed by atoms with Crippen LogP contribution >= 0.6 is 0 Å². The highest BCUT2D eigenvalue weighted by molar-refractivity contribution is 4.87. The third-order valence-electron chi connectivity index (χ3n) is 5.93.